The molecule has 46 heavy (non-hydrogen) atoms. The minimum absolute atomic E-state index is 0.0180. The third-order valence-electron chi connectivity index (χ3n) is 6.42. The van der Waals surface area contributed by atoms with Crippen molar-refractivity contribution in [2.75, 3.05) is 0 Å². The molecule has 4 aliphatic heterocycles. The van der Waals surface area contributed by atoms with Gasteiger partial charge in [0.25, 0.3) is 0 Å². The summed E-state index contributed by atoms with van der Waals surface area (Å²) in [5, 5.41) is 7.66. The summed E-state index contributed by atoms with van der Waals surface area (Å²) in [6.07, 6.45) is 1.20. The number of nitrogens with zero attached hydrogens (tertiary/aromatic N) is 6. The zero-order valence-electron chi connectivity index (χ0n) is 23.0. The summed E-state index contributed by atoms with van der Waals surface area (Å²) in [6, 6.07) is 8.89. The molecule has 2 aromatic heterocycles. The van der Waals surface area contributed by atoms with Crippen LogP contribution < -0.4 is 28.4 Å². The third kappa shape index (κ3) is 6.44. The molecule has 2 atom stereocenters. The van der Waals surface area contributed by atoms with Crippen molar-refractivity contribution >= 4 is 11.8 Å². The molecule has 0 aliphatic carbocycles. The molecule has 0 fully saturated rings. The normalized spacial score (nSPS) is 20.8. The number of fused-ring (bicyclic) bond motifs is 2. The van der Waals surface area contributed by atoms with Gasteiger partial charge >= 0.3 is 12.6 Å². The first-order chi connectivity index (χ1) is 22.2. The van der Waals surface area contributed by atoms with E-state index in [9.17, 15) is 17.6 Å². The number of halogens is 4. The maximum Gasteiger partial charge on any atom is 0.586 e. The molecular weight excluding hydrogens is 624 g/mol. The Morgan fingerprint density at radius 2 is 0.957 bits per heavy atom. The summed E-state index contributed by atoms with van der Waals surface area (Å²) in [5.74, 6) is 1.43. The fourth-order valence-electron chi connectivity index (χ4n) is 4.47. The molecule has 236 valence electrons. The maximum absolute atomic E-state index is 13.0. The highest BCUT2D eigenvalue weighted by atomic mass is 19.3. The quantitative estimate of drug-likeness (QED) is 0.266. The average Bonchev–Trinajstić information content (AvgIpc) is 3.81. The Labute approximate surface area is 255 Å². The highest BCUT2D eigenvalue weighted by Gasteiger charge is 2.45. The molecule has 0 amide bonds. The third-order valence-corrected chi connectivity index (χ3v) is 6.42. The van der Waals surface area contributed by atoms with Crippen molar-refractivity contribution in [3.63, 3.8) is 0 Å². The molecule has 0 N–H and O–H groups in total. The molecule has 0 saturated carbocycles. The lowest BCUT2D eigenvalue weighted by atomic mass is 10.1. The minimum atomic E-state index is -3.64. The lowest BCUT2D eigenvalue weighted by molar-refractivity contribution is -0.287. The van der Waals surface area contributed by atoms with Crippen LogP contribution >= 0.6 is 0 Å². The predicted octanol–water partition coefficient (Wildman–Crippen LogP) is 5.30. The Morgan fingerprint density at radius 1 is 0.565 bits per heavy atom. The van der Waals surface area contributed by atoms with Gasteiger partial charge < -0.3 is 38.1 Å². The van der Waals surface area contributed by atoms with Crippen molar-refractivity contribution in [1.82, 2.24) is 19.9 Å². The van der Waals surface area contributed by atoms with Crippen molar-refractivity contribution in [2.24, 2.45) is 10.3 Å². The molecule has 14 nitrogen and oxygen atoms in total. The van der Waals surface area contributed by atoms with Crippen LogP contribution in [-0.4, -0.2) is 44.3 Å². The van der Waals surface area contributed by atoms with Crippen molar-refractivity contribution < 1.29 is 55.7 Å². The smallest absolute Gasteiger partial charge is 0.436 e. The number of aromatic nitrogens is 4. The standard InChI is InChI=1S/2C14H9F2N3O4/c2*15-14(16)21-10-2-1-8(3-12(10)22-14)11-4-13(19-23-11)20-9-5-17-7-18-6-9/h2*1-3,5-7,11H,4H2/t2*11-/m10/s1. The van der Waals surface area contributed by atoms with E-state index in [-0.39, 0.29) is 23.0 Å². The maximum atomic E-state index is 13.0. The van der Waals surface area contributed by atoms with E-state index < -0.39 is 24.8 Å². The van der Waals surface area contributed by atoms with Gasteiger partial charge in [-0.25, -0.2) is 19.9 Å². The molecule has 0 unspecified atom stereocenters. The van der Waals surface area contributed by atoms with E-state index in [1.165, 1.54) is 61.7 Å². The zero-order valence-corrected chi connectivity index (χ0v) is 23.0. The molecule has 0 spiro atoms. The first-order valence-electron chi connectivity index (χ1n) is 13.3. The number of hydrogen-bond donors (Lipinski definition) is 0. The lowest BCUT2D eigenvalue weighted by Crippen LogP contribution is -2.25. The number of benzene rings is 2. The van der Waals surface area contributed by atoms with Crippen LogP contribution in [0.2, 0.25) is 0 Å². The Hall–Kier alpha value is -5.94. The fraction of sp³-hybridized carbons (Fsp3) is 0.214. The number of ether oxygens (including phenoxy) is 6. The van der Waals surface area contributed by atoms with Crippen molar-refractivity contribution in [3.8, 4) is 34.5 Å². The molecule has 0 radical (unpaired) electrons. The Kier molecular flexibility index (Phi) is 7.22. The van der Waals surface area contributed by atoms with Gasteiger partial charge in [0.05, 0.1) is 37.6 Å². The molecule has 18 heteroatoms. The molecule has 2 aromatic carbocycles. The lowest BCUT2D eigenvalue weighted by Gasteiger charge is -2.08. The Balaban J connectivity index is 0.000000147. The van der Waals surface area contributed by atoms with E-state index in [0.29, 0.717) is 47.3 Å². The van der Waals surface area contributed by atoms with E-state index in [0.717, 1.165) is 0 Å². The van der Waals surface area contributed by atoms with E-state index in [2.05, 4.69) is 49.2 Å². The first-order valence-corrected chi connectivity index (χ1v) is 13.3. The molecule has 8 rings (SSSR count). The van der Waals surface area contributed by atoms with E-state index in [4.69, 9.17) is 19.1 Å². The van der Waals surface area contributed by atoms with E-state index >= 15 is 0 Å². The fourth-order valence-corrected chi connectivity index (χ4v) is 4.47. The first kappa shape index (κ1) is 28.8. The number of rotatable bonds is 4. The molecule has 6 heterocycles. The van der Waals surface area contributed by atoms with E-state index in [1.807, 2.05) is 0 Å². The summed E-state index contributed by atoms with van der Waals surface area (Å²) in [6.45, 7) is 0. The van der Waals surface area contributed by atoms with E-state index in [1.54, 1.807) is 12.1 Å². The average molecular weight is 642 g/mol. The monoisotopic (exact) mass is 642 g/mol. The summed E-state index contributed by atoms with van der Waals surface area (Å²) in [5.41, 5.74) is 1.24. The van der Waals surface area contributed by atoms with Gasteiger partial charge in [-0.2, -0.15) is 0 Å². The molecular formula is C28H18F4N6O8. The predicted molar refractivity (Wildman–Crippen MR) is 142 cm³/mol. The van der Waals surface area contributed by atoms with Crippen LogP contribution in [0.5, 0.6) is 34.5 Å². The van der Waals surface area contributed by atoms with Gasteiger partial charge in [-0.3, -0.25) is 0 Å². The van der Waals surface area contributed by atoms with Gasteiger partial charge in [0, 0.05) is 0 Å². The van der Waals surface area contributed by atoms with Crippen LogP contribution in [-0.2, 0) is 9.68 Å². The van der Waals surface area contributed by atoms with Crippen LogP contribution in [0.4, 0.5) is 17.6 Å². The van der Waals surface area contributed by atoms with Gasteiger partial charge in [0.15, 0.2) is 46.7 Å². The minimum Gasteiger partial charge on any atom is -0.436 e. The van der Waals surface area contributed by atoms with Crippen LogP contribution in [0, 0.1) is 0 Å². The number of oxime groups is 2. The van der Waals surface area contributed by atoms with Crippen LogP contribution in [0.3, 0.4) is 0 Å². The number of alkyl halides is 4. The topological polar surface area (TPSA) is 150 Å². The molecule has 4 aromatic rings. The second-order valence-electron chi connectivity index (χ2n) is 9.67. The molecule has 0 bridgehead atoms. The number of hydrogen-bond acceptors (Lipinski definition) is 14. The summed E-state index contributed by atoms with van der Waals surface area (Å²) in [4.78, 5) is 25.8. The van der Waals surface area contributed by atoms with Gasteiger partial charge in [0.2, 0.25) is 11.8 Å². The molecule has 0 saturated heterocycles. The van der Waals surface area contributed by atoms with Crippen LogP contribution in [0.25, 0.3) is 0 Å². The van der Waals surface area contributed by atoms with Crippen molar-refractivity contribution in [2.45, 2.75) is 37.6 Å². The highest BCUT2D eigenvalue weighted by molar-refractivity contribution is 5.80. The van der Waals surface area contributed by atoms with Crippen LogP contribution in [0.15, 0.2) is 84.2 Å². The van der Waals surface area contributed by atoms with Gasteiger partial charge in [-0.1, -0.05) is 22.4 Å². The summed E-state index contributed by atoms with van der Waals surface area (Å²) < 4.78 is 80.6. The Bertz CT molecular complexity index is 1670. The van der Waals surface area contributed by atoms with Crippen molar-refractivity contribution in [3.05, 3.63) is 85.0 Å². The van der Waals surface area contributed by atoms with Gasteiger partial charge in [-0.15, -0.1) is 17.6 Å². The van der Waals surface area contributed by atoms with Gasteiger partial charge in [0.1, 0.15) is 12.7 Å². The SMILES string of the molecule is FC1(F)Oc2ccc([C@@H]3CC(Oc4cncnc4)=NO3)cc2O1.FC1(F)Oc2ccc([C@H]3CC(Oc4cncnc4)=NO3)cc2O1. The van der Waals surface area contributed by atoms with Gasteiger partial charge in [-0.05, 0) is 35.4 Å². The Morgan fingerprint density at radius 3 is 1.37 bits per heavy atom. The molecule has 4 aliphatic rings. The zero-order chi connectivity index (χ0) is 31.7. The second kappa shape index (κ2) is 11.5. The largest absolute Gasteiger partial charge is 0.586 e. The second-order valence-corrected chi connectivity index (χ2v) is 9.67. The summed E-state index contributed by atoms with van der Waals surface area (Å²) in [7, 11) is 0. The van der Waals surface area contributed by atoms with Crippen LogP contribution in [0.1, 0.15) is 36.2 Å². The highest BCUT2D eigenvalue weighted by Crippen LogP contribution is 2.44. The van der Waals surface area contributed by atoms with Crippen molar-refractivity contribution in [1.29, 1.82) is 0 Å². The summed E-state index contributed by atoms with van der Waals surface area (Å²) >= 11 is 0.